The van der Waals surface area contributed by atoms with Crippen LogP contribution in [0.3, 0.4) is 0 Å². The Morgan fingerprint density at radius 2 is 1.95 bits per heavy atom. The maximum atomic E-state index is 6.04. The molecule has 0 aromatic heterocycles. The average molecular weight is 341 g/mol. The Hall–Kier alpha value is -1.03. The van der Waals surface area contributed by atoms with Crippen molar-refractivity contribution in [2.75, 3.05) is 18.5 Å². The minimum atomic E-state index is 0.615. The Morgan fingerprint density at radius 3 is 2.74 bits per heavy atom. The van der Waals surface area contributed by atoms with Crippen LogP contribution < -0.4 is 5.32 Å². The Kier molecular flexibility index (Phi) is 5.70. The molecule has 0 amide bonds. The van der Waals surface area contributed by atoms with Crippen molar-refractivity contribution in [3.8, 4) is 0 Å². The topological polar surface area (TPSA) is 21.3 Å². The maximum Gasteiger partial charge on any atom is 0.0718 e. The molecule has 19 heavy (non-hydrogen) atoms. The predicted molar refractivity (Wildman–Crippen MR) is 83.7 cm³/mol. The molecule has 0 saturated carbocycles. The molecule has 0 saturated heterocycles. The minimum absolute atomic E-state index is 0.615. The summed E-state index contributed by atoms with van der Waals surface area (Å²) in [6, 6.07) is 15.8. The van der Waals surface area contributed by atoms with Crippen molar-refractivity contribution in [1.82, 2.24) is 0 Å². The quantitative estimate of drug-likeness (QED) is 0.768. The summed E-state index contributed by atoms with van der Waals surface area (Å²) in [5, 5.41) is 3.98. The van der Waals surface area contributed by atoms with E-state index in [-0.39, 0.29) is 0 Å². The van der Waals surface area contributed by atoms with Crippen LogP contribution in [0.25, 0.3) is 0 Å². The molecule has 0 fully saturated rings. The van der Waals surface area contributed by atoms with E-state index >= 15 is 0 Å². The monoisotopic (exact) mass is 339 g/mol. The first-order valence-corrected chi connectivity index (χ1v) is 7.23. The van der Waals surface area contributed by atoms with Crippen LogP contribution in [0.4, 0.5) is 5.69 Å². The van der Waals surface area contributed by atoms with E-state index in [2.05, 4.69) is 27.3 Å². The van der Waals surface area contributed by atoms with Gasteiger partial charge in [-0.1, -0.05) is 51.8 Å². The van der Waals surface area contributed by atoms with Gasteiger partial charge in [0, 0.05) is 11.0 Å². The Balaban J connectivity index is 1.69. The van der Waals surface area contributed by atoms with Gasteiger partial charge in [0.1, 0.15) is 0 Å². The highest BCUT2D eigenvalue weighted by molar-refractivity contribution is 9.10. The molecule has 1 N–H and O–H groups in total. The van der Waals surface area contributed by atoms with Crippen LogP contribution in [-0.2, 0) is 11.3 Å². The molecule has 0 radical (unpaired) electrons. The summed E-state index contributed by atoms with van der Waals surface area (Å²) in [6.07, 6.45) is 0. The number of hydrogen-bond donors (Lipinski definition) is 1. The van der Waals surface area contributed by atoms with Crippen molar-refractivity contribution in [3.63, 3.8) is 0 Å². The summed E-state index contributed by atoms with van der Waals surface area (Å²) in [5.41, 5.74) is 2.10. The highest BCUT2D eigenvalue weighted by atomic mass is 79.9. The molecule has 2 aromatic carbocycles. The molecule has 0 unspecified atom stereocenters. The molecule has 0 aliphatic carbocycles. The third-order valence-corrected chi connectivity index (χ3v) is 3.42. The zero-order valence-corrected chi connectivity index (χ0v) is 12.7. The van der Waals surface area contributed by atoms with Crippen LogP contribution in [0.15, 0.2) is 53.0 Å². The van der Waals surface area contributed by atoms with Crippen molar-refractivity contribution in [1.29, 1.82) is 0 Å². The molecule has 0 aliphatic rings. The Bertz CT molecular complexity index is 533. The predicted octanol–water partition coefficient (Wildman–Crippen LogP) is 4.73. The maximum absolute atomic E-state index is 6.04. The highest BCUT2D eigenvalue weighted by Crippen LogP contribution is 2.19. The lowest BCUT2D eigenvalue weighted by molar-refractivity contribution is 0.130. The number of halogens is 2. The second-order valence-electron chi connectivity index (χ2n) is 4.09. The van der Waals surface area contributed by atoms with E-state index < -0.39 is 0 Å². The molecule has 0 aliphatic heterocycles. The molecule has 2 nitrogen and oxygen atoms in total. The Labute approximate surface area is 126 Å². The van der Waals surface area contributed by atoms with E-state index in [1.165, 1.54) is 0 Å². The highest BCUT2D eigenvalue weighted by Gasteiger charge is 1.98. The normalized spacial score (nSPS) is 10.4. The summed E-state index contributed by atoms with van der Waals surface area (Å²) < 4.78 is 6.68. The second-order valence-corrected chi connectivity index (χ2v) is 5.41. The van der Waals surface area contributed by atoms with Crippen molar-refractivity contribution in [2.24, 2.45) is 0 Å². The largest absolute Gasteiger partial charge is 0.382 e. The molecule has 2 aromatic rings. The first-order chi connectivity index (χ1) is 9.25. The molecule has 2 rings (SSSR count). The molecular formula is C15H15BrClNO. The number of ether oxygens (including phenoxy) is 1. The van der Waals surface area contributed by atoms with Gasteiger partial charge in [0.15, 0.2) is 0 Å². The van der Waals surface area contributed by atoms with Crippen LogP contribution in [0.5, 0.6) is 0 Å². The van der Waals surface area contributed by atoms with Gasteiger partial charge in [0.05, 0.1) is 23.9 Å². The lowest BCUT2D eigenvalue weighted by Gasteiger charge is -2.09. The molecule has 0 spiro atoms. The van der Waals surface area contributed by atoms with Crippen molar-refractivity contribution >= 4 is 33.2 Å². The van der Waals surface area contributed by atoms with E-state index in [4.69, 9.17) is 16.3 Å². The summed E-state index contributed by atoms with van der Waals surface area (Å²) in [4.78, 5) is 0. The average Bonchev–Trinajstić information content (AvgIpc) is 2.40. The van der Waals surface area contributed by atoms with Gasteiger partial charge in [-0.05, 0) is 29.8 Å². The zero-order valence-electron chi connectivity index (χ0n) is 10.4. The second kappa shape index (κ2) is 7.53. The molecule has 4 heteroatoms. The first-order valence-electron chi connectivity index (χ1n) is 6.06. The number of benzene rings is 2. The van der Waals surface area contributed by atoms with Crippen LogP contribution in [0.1, 0.15) is 5.56 Å². The number of anilines is 1. The van der Waals surface area contributed by atoms with Gasteiger partial charge in [0.2, 0.25) is 0 Å². The first kappa shape index (κ1) is 14.4. The van der Waals surface area contributed by atoms with E-state index in [9.17, 15) is 0 Å². The van der Waals surface area contributed by atoms with E-state index in [0.717, 1.165) is 27.3 Å². The van der Waals surface area contributed by atoms with Gasteiger partial charge in [-0.3, -0.25) is 0 Å². The number of hydrogen-bond acceptors (Lipinski definition) is 2. The van der Waals surface area contributed by atoms with E-state index in [1.54, 1.807) is 0 Å². The van der Waals surface area contributed by atoms with Crippen LogP contribution >= 0.6 is 27.5 Å². The summed E-state index contributed by atoms with van der Waals surface area (Å²) in [7, 11) is 0. The van der Waals surface area contributed by atoms with Gasteiger partial charge >= 0.3 is 0 Å². The van der Waals surface area contributed by atoms with E-state index in [0.29, 0.717) is 13.2 Å². The van der Waals surface area contributed by atoms with Gasteiger partial charge in [0.25, 0.3) is 0 Å². The lowest BCUT2D eigenvalue weighted by Crippen LogP contribution is -2.09. The number of nitrogens with one attached hydrogen (secondary N) is 1. The molecule has 0 heterocycles. The van der Waals surface area contributed by atoms with E-state index in [1.807, 2.05) is 42.5 Å². The summed E-state index contributed by atoms with van der Waals surface area (Å²) >= 11 is 9.48. The fraction of sp³-hybridized carbons (Fsp3) is 0.200. The fourth-order valence-corrected chi connectivity index (χ4v) is 2.33. The molecular weight excluding hydrogens is 326 g/mol. The van der Waals surface area contributed by atoms with Crippen molar-refractivity contribution < 1.29 is 4.74 Å². The van der Waals surface area contributed by atoms with Gasteiger partial charge in [-0.15, -0.1) is 0 Å². The third kappa shape index (κ3) is 4.86. The van der Waals surface area contributed by atoms with Gasteiger partial charge in [-0.25, -0.2) is 0 Å². The Morgan fingerprint density at radius 1 is 1.11 bits per heavy atom. The lowest BCUT2D eigenvalue weighted by atomic mass is 10.2. The van der Waals surface area contributed by atoms with Crippen molar-refractivity contribution in [3.05, 3.63) is 63.6 Å². The fourth-order valence-electron chi connectivity index (χ4n) is 1.68. The number of para-hydroxylation sites is 1. The smallest absolute Gasteiger partial charge is 0.0718 e. The number of rotatable bonds is 6. The summed E-state index contributed by atoms with van der Waals surface area (Å²) in [6.45, 7) is 1.99. The summed E-state index contributed by atoms with van der Waals surface area (Å²) in [5.74, 6) is 0. The standard InChI is InChI=1S/C15H15BrClNO/c16-13-5-3-4-12(10-13)11-19-9-8-18-15-7-2-1-6-14(15)17/h1-7,10,18H,8-9,11H2. The zero-order chi connectivity index (χ0) is 13.5. The SMILES string of the molecule is Clc1ccccc1NCCOCc1cccc(Br)c1. The molecule has 0 bridgehead atoms. The minimum Gasteiger partial charge on any atom is -0.382 e. The third-order valence-electron chi connectivity index (χ3n) is 2.59. The van der Waals surface area contributed by atoms with Crippen molar-refractivity contribution in [2.45, 2.75) is 6.61 Å². The molecule has 100 valence electrons. The molecule has 0 atom stereocenters. The van der Waals surface area contributed by atoms with Gasteiger partial charge in [-0.2, -0.15) is 0 Å². The van der Waals surface area contributed by atoms with Gasteiger partial charge < -0.3 is 10.1 Å². The van der Waals surface area contributed by atoms with Crippen LogP contribution in [-0.4, -0.2) is 13.2 Å². The van der Waals surface area contributed by atoms with Crippen LogP contribution in [0, 0.1) is 0 Å². The van der Waals surface area contributed by atoms with Crippen LogP contribution in [0.2, 0.25) is 5.02 Å².